The number of nitrogens with zero attached hydrogens (tertiary/aromatic N) is 2. The van der Waals surface area contributed by atoms with Gasteiger partial charge in [0.15, 0.2) is 0 Å². The van der Waals surface area contributed by atoms with E-state index in [1.54, 1.807) is 31.4 Å². The smallest absolute Gasteiger partial charge is 0.276 e. The van der Waals surface area contributed by atoms with E-state index in [2.05, 4.69) is 15.7 Å². The number of nitrogens with one attached hydrogen (secondary N) is 2. The number of hydrogen-bond acceptors (Lipinski definition) is 5. The van der Waals surface area contributed by atoms with Crippen LogP contribution in [0.3, 0.4) is 0 Å². The van der Waals surface area contributed by atoms with Gasteiger partial charge in [0.25, 0.3) is 11.5 Å². The molecule has 2 aromatic rings. The summed E-state index contributed by atoms with van der Waals surface area (Å²) in [6.45, 7) is -0.209. The van der Waals surface area contributed by atoms with Crippen LogP contribution in [0.25, 0.3) is 0 Å². The monoisotopic (exact) mass is 370 g/mol. The summed E-state index contributed by atoms with van der Waals surface area (Å²) in [4.78, 5) is 36.5. The SMILES string of the molecule is COc1ccc(NC(=O)c2ccc(=O)n(CC(=O)NC3CCCC3)n2)cc1. The fourth-order valence-electron chi connectivity index (χ4n) is 3.03. The van der Waals surface area contributed by atoms with Gasteiger partial charge in [-0.2, -0.15) is 5.10 Å². The van der Waals surface area contributed by atoms with Crippen LogP contribution in [0.4, 0.5) is 5.69 Å². The van der Waals surface area contributed by atoms with Crippen molar-refractivity contribution in [3.8, 4) is 5.75 Å². The number of carbonyl (C=O) groups excluding carboxylic acids is 2. The summed E-state index contributed by atoms with van der Waals surface area (Å²) < 4.78 is 6.08. The first-order chi connectivity index (χ1) is 13.0. The Morgan fingerprint density at radius 2 is 1.85 bits per heavy atom. The summed E-state index contributed by atoms with van der Waals surface area (Å²) in [5, 5.41) is 9.62. The summed E-state index contributed by atoms with van der Waals surface area (Å²) >= 11 is 0. The molecule has 27 heavy (non-hydrogen) atoms. The van der Waals surface area contributed by atoms with E-state index in [-0.39, 0.29) is 24.2 Å². The van der Waals surface area contributed by atoms with E-state index in [4.69, 9.17) is 4.74 Å². The van der Waals surface area contributed by atoms with Crippen molar-refractivity contribution in [2.75, 3.05) is 12.4 Å². The number of benzene rings is 1. The Morgan fingerprint density at radius 3 is 2.52 bits per heavy atom. The quantitative estimate of drug-likeness (QED) is 0.803. The molecule has 1 aliphatic rings. The van der Waals surface area contributed by atoms with Crippen molar-refractivity contribution in [3.63, 3.8) is 0 Å². The lowest BCUT2D eigenvalue weighted by Crippen LogP contribution is -2.38. The molecule has 1 fully saturated rings. The zero-order valence-corrected chi connectivity index (χ0v) is 15.1. The van der Waals surface area contributed by atoms with Gasteiger partial charge in [-0.3, -0.25) is 14.4 Å². The minimum Gasteiger partial charge on any atom is -0.497 e. The highest BCUT2D eigenvalue weighted by Gasteiger charge is 2.18. The molecule has 0 saturated heterocycles. The highest BCUT2D eigenvalue weighted by Crippen LogP contribution is 2.17. The number of anilines is 1. The van der Waals surface area contributed by atoms with Crippen molar-refractivity contribution >= 4 is 17.5 Å². The minimum absolute atomic E-state index is 0.0547. The largest absolute Gasteiger partial charge is 0.497 e. The number of amides is 2. The van der Waals surface area contributed by atoms with Crippen LogP contribution in [0.2, 0.25) is 0 Å². The first-order valence-corrected chi connectivity index (χ1v) is 8.88. The molecule has 0 radical (unpaired) electrons. The second kappa shape index (κ2) is 8.48. The summed E-state index contributed by atoms with van der Waals surface area (Å²) in [7, 11) is 1.56. The average Bonchev–Trinajstić information content (AvgIpc) is 3.17. The molecule has 0 unspecified atom stereocenters. The summed E-state index contributed by atoms with van der Waals surface area (Å²) in [6, 6.07) is 9.57. The van der Waals surface area contributed by atoms with Crippen molar-refractivity contribution in [1.82, 2.24) is 15.1 Å². The third-order valence-corrected chi connectivity index (χ3v) is 4.46. The van der Waals surface area contributed by atoms with E-state index in [0.717, 1.165) is 30.4 Å². The van der Waals surface area contributed by atoms with Crippen LogP contribution in [0.15, 0.2) is 41.2 Å². The van der Waals surface area contributed by atoms with Gasteiger partial charge in [0.2, 0.25) is 5.91 Å². The second-order valence-electron chi connectivity index (χ2n) is 6.45. The van der Waals surface area contributed by atoms with Crippen molar-refractivity contribution in [2.45, 2.75) is 38.3 Å². The van der Waals surface area contributed by atoms with Crippen molar-refractivity contribution in [3.05, 3.63) is 52.4 Å². The molecule has 3 rings (SSSR count). The maximum absolute atomic E-state index is 12.4. The van der Waals surface area contributed by atoms with Crippen molar-refractivity contribution < 1.29 is 14.3 Å². The summed E-state index contributed by atoms with van der Waals surface area (Å²) in [6.07, 6.45) is 4.12. The van der Waals surface area contributed by atoms with E-state index >= 15 is 0 Å². The number of carbonyl (C=O) groups is 2. The molecule has 1 aliphatic carbocycles. The van der Waals surface area contributed by atoms with Crippen LogP contribution in [0.1, 0.15) is 36.2 Å². The Bertz CT molecular complexity index is 870. The molecular formula is C19H22N4O4. The molecular weight excluding hydrogens is 348 g/mol. The van der Waals surface area contributed by atoms with Gasteiger partial charge in [0.05, 0.1) is 7.11 Å². The molecule has 0 atom stereocenters. The van der Waals surface area contributed by atoms with Gasteiger partial charge >= 0.3 is 0 Å². The number of aromatic nitrogens is 2. The van der Waals surface area contributed by atoms with Crippen LogP contribution in [0, 0.1) is 0 Å². The minimum atomic E-state index is -0.467. The first kappa shape index (κ1) is 18.6. The number of rotatable bonds is 6. The molecule has 2 amide bonds. The molecule has 2 N–H and O–H groups in total. The lowest BCUT2D eigenvalue weighted by Gasteiger charge is -2.12. The van der Waals surface area contributed by atoms with Crippen LogP contribution < -0.4 is 20.9 Å². The molecule has 8 heteroatoms. The van der Waals surface area contributed by atoms with Gasteiger partial charge in [0.1, 0.15) is 18.0 Å². The normalized spacial score (nSPS) is 14.0. The molecule has 1 heterocycles. The van der Waals surface area contributed by atoms with Crippen molar-refractivity contribution in [2.24, 2.45) is 0 Å². The number of hydrogen-bond donors (Lipinski definition) is 2. The molecule has 142 valence electrons. The molecule has 0 aliphatic heterocycles. The molecule has 0 spiro atoms. The standard InChI is InChI=1S/C19H22N4O4/c1-27-15-8-6-14(7-9-15)21-19(26)16-10-11-18(25)23(22-16)12-17(24)20-13-4-2-3-5-13/h6-11,13H,2-5,12H2,1H3,(H,20,24)(H,21,26). The summed E-state index contributed by atoms with van der Waals surface area (Å²) in [5.41, 5.74) is 0.191. The van der Waals surface area contributed by atoms with Gasteiger partial charge in [-0.1, -0.05) is 12.8 Å². The maximum Gasteiger partial charge on any atom is 0.276 e. The Morgan fingerprint density at radius 1 is 1.15 bits per heavy atom. The predicted molar refractivity (Wildman–Crippen MR) is 99.8 cm³/mol. The van der Waals surface area contributed by atoms with Crippen molar-refractivity contribution in [1.29, 1.82) is 0 Å². The third-order valence-electron chi connectivity index (χ3n) is 4.46. The van der Waals surface area contributed by atoms with E-state index in [1.807, 2.05) is 0 Å². The predicted octanol–water partition coefficient (Wildman–Crippen LogP) is 1.56. The van der Waals surface area contributed by atoms with Crippen LogP contribution >= 0.6 is 0 Å². The fourth-order valence-corrected chi connectivity index (χ4v) is 3.03. The first-order valence-electron chi connectivity index (χ1n) is 8.88. The van der Waals surface area contributed by atoms with Crippen LogP contribution in [-0.2, 0) is 11.3 Å². The van der Waals surface area contributed by atoms with Gasteiger partial charge in [-0.25, -0.2) is 4.68 Å². The lowest BCUT2D eigenvalue weighted by atomic mass is 10.2. The Hall–Kier alpha value is -3.16. The van der Waals surface area contributed by atoms with Gasteiger partial charge in [-0.05, 0) is 43.2 Å². The Kier molecular flexibility index (Phi) is 5.85. The second-order valence-corrected chi connectivity index (χ2v) is 6.45. The Balaban J connectivity index is 1.66. The van der Waals surface area contributed by atoms with E-state index in [1.165, 1.54) is 12.1 Å². The van der Waals surface area contributed by atoms with Crippen LogP contribution in [0.5, 0.6) is 5.75 Å². The van der Waals surface area contributed by atoms with Gasteiger partial charge in [0, 0.05) is 17.8 Å². The van der Waals surface area contributed by atoms with E-state index < -0.39 is 11.5 Å². The zero-order chi connectivity index (χ0) is 19.2. The Labute approximate surface area is 156 Å². The lowest BCUT2D eigenvalue weighted by molar-refractivity contribution is -0.122. The molecule has 0 bridgehead atoms. The highest BCUT2D eigenvalue weighted by atomic mass is 16.5. The number of ether oxygens (including phenoxy) is 1. The van der Waals surface area contributed by atoms with E-state index in [0.29, 0.717) is 11.4 Å². The number of methoxy groups -OCH3 is 1. The maximum atomic E-state index is 12.4. The molecule has 1 saturated carbocycles. The topological polar surface area (TPSA) is 102 Å². The zero-order valence-electron chi connectivity index (χ0n) is 15.1. The van der Waals surface area contributed by atoms with Gasteiger partial charge in [-0.15, -0.1) is 0 Å². The van der Waals surface area contributed by atoms with E-state index in [9.17, 15) is 14.4 Å². The summed E-state index contributed by atoms with van der Waals surface area (Å²) in [5.74, 6) is -0.0673. The fraction of sp³-hybridized carbons (Fsp3) is 0.368. The molecule has 8 nitrogen and oxygen atoms in total. The highest BCUT2D eigenvalue weighted by molar-refractivity contribution is 6.02. The molecule has 1 aromatic carbocycles. The third kappa shape index (κ3) is 4.93. The van der Waals surface area contributed by atoms with Crippen LogP contribution in [-0.4, -0.2) is 34.7 Å². The molecule has 1 aromatic heterocycles. The van der Waals surface area contributed by atoms with Gasteiger partial charge < -0.3 is 15.4 Å². The average molecular weight is 370 g/mol.